The van der Waals surface area contributed by atoms with E-state index in [2.05, 4.69) is 35.8 Å². The van der Waals surface area contributed by atoms with E-state index in [0.29, 0.717) is 6.04 Å². The first-order chi connectivity index (χ1) is 9.38. The van der Waals surface area contributed by atoms with Crippen LogP contribution in [-0.4, -0.2) is 19.2 Å². The maximum Gasteiger partial charge on any atom is 0.144 e. The fraction of sp³-hybridized carbons (Fsp3) is 0.625. The van der Waals surface area contributed by atoms with Crippen LogP contribution < -0.4 is 15.4 Å². The van der Waals surface area contributed by atoms with Crippen LogP contribution in [0, 0.1) is 5.92 Å². The van der Waals surface area contributed by atoms with Crippen molar-refractivity contribution in [3.05, 3.63) is 18.2 Å². The van der Waals surface area contributed by atoms with Gasteiger partial charge in [0, 0.05) is 12.6 Å². The van der Waals surface area contributed by atoms with E-state index in [-0.39, 0.29) is 0 Å². The van der Waals surface area contributed by atoms with E-state index in [1.54, 1.807) is 0 Å². The molecule has 3 nitrogen and oxygen atoms in total. The summed E-state index contributed by atoms with van der Waals surface area (Å²) in [4.78, 5) is 0. The molecule has 1 heterocycles. The van der Waals surface area contributed by atoms with Crippen molar-refractivity contribution in [3.8, 4) is 5.75 Å². The van der Waals surface area contributed by atoms with Gasteiger partial charge in [-0.15, -0.1) is 0 Å². The van der Waals surface area contributed by atoms with Gasteiger partial charge in [-0.2, -0.15) is 0 Å². The molecule has 1 aromatic rings. The fourth-order valence-corrected chi connectivity index (χ4v) is 3.24. The summed E-state index contributed by atoms with van der Waals surface area (Å²) >= 11 is 0. The lowest BCUT2D eigenvalue weighted by Gasteiger charge is -2.30. The molecule has 2 unspecified atom stereocenters. The van der Waals surface area contributed by atoms with Gasteiger partial charge in [0.15, 0.2) is 0 Å². The molecule has 104 valence electrons. The second kappa shape index (κ2) is 5.72. The van der Waals surface area contributed by atoms with Gasteiger partial charge in [-0.3, -0.25) is 0 Å². The van der Waals surface area contributed by atoms with Gasteiger partial charge in [-0.05, 0) is 37.3 Å². The number of benzene rings is 1. The van der Waals surface area contributed by atoms with E-state index in [1.807, 2.05) is 0 Å². The largest absolute Gasteiger partial charge is 0.491 e. The number of hydrogen-bond acceptors (Lipinski definition) is 3. The van der Waals surface area contributed by atoms with Crippen LogP contribution in [0.4, 0.5) is 11.4 Å². The standard InChI is InChI=1S/C16H24N2O/c1-2-10-19-15-9-5-8-14-16(15)17-11-12-6-3-4-7-13(12)18-14/h5,8-9,12-13,17-18H,2-4,6-7,10-11H2,1H3. The van der Waals surface area contributed by atoms with Crippen LogP contribution >= 0.6 is 0 Å². The molecule has 1 saturated carbocycles. The predicted molar refractivity (Wildman–Crippen MR) is 80.1 cm³/mol. The summed E-state index contributed by atoms with van der Waals surface area (Å²) < 4.78 is 5.86. The summed E-state index contributed by atoms with van der Waals surface area (Å²) in [6.07, 6.45) is 6.41. The van der Waals surface area contributed by atoms with Crippen molar-refractivity contribution < 1.29 is 4.74 Å². The molecule has 0 spiro atoms. The van der Waals surface area contributed by atoms with Gasteiger partial charge in [0.1, 0.15) is 11.4 Å². The molecule has 1 fully saturated rings. The summed E-state index contributed by atoms with van der Waals surface area (Å²) in [5.41, 5.74) is 2.37. The Bertz CT molecular complexity index is 433. The number of hydrogen-bond donors (Lipinski definition) is 2. The van der Waals surface area contributed by atoms with Gasteiger partial charge in [0.25, 0.3) is 0 Å². The first-order valence-electron chi connectivity index (χ1n) is 7.64. The molecule has 19 heavy (non-hydrogen) atoms. The molecule has 0 aromatic heterocycles. The lowest BCUT2D eigenvalue weighted by molar-refractivity contribution is 0.318. The lowest BCUT2D eigenvalue weighted by Crippen LogP contribution is -2.34. The highest BCUT2D eigenvalue weighted by Gasteiger charge is 2.28. The Hall–Kier alpha value is -1.38. The van der Waals surface area contributed by atoms with Gasteiger partial charge in [0.05, 0.1) is 12.3 Å². The maximum atomic E-state index is 5.86. The zero-order valence-corrected chi connectivity index (χ0v) is 11.7. The third kappa shape index (κ3) is 2.65. The third-order valence-electron chi connectivity index (χ3n) is 4.28. The Labute approximate surface area is 115 Å². The highest BCUT2D eigenvalue weighted by Crippen LogP contribution is 2.38. The van der Waals surface area contributed by atoms with Crippen LogP contribution in [0.15, 0.2) is 18.2 Å². The molecule has 1 aliphatic carbocycles. The zero-order chi connectivity index (χ0) is 13.1. The average molecular weight is 260 g/mol. The van der Waals surface area contributed by atoms with E-state index in [0.717, 1.165) is 36.9 Å². The van der Waals surface area contributed by atoms with Crippen molar-refractivity contribution >= 4 is 11.4 Å². The second-order valence-electron chi connectivity index (χ2n) is 5.70. The first kappa shape index (κ1) is 12.6. The molecule has 0 radical (unpaired) electrons. The van der Waals surface area contributed by atoms with Crippen LogP contribution in [0.1, 0.15) is 39.0 Å². The van der Waals surface area contributed by atoms with Crippen LogP contribution in [0.3, 0.4) is 0 Å². The van der Waals surface area contributed by atoms with E-state index in [4.69, 9.17) is 4.74 Å². The normalized spacial score (nSPS) is 25.3. The Morgan fingerprint density at radius 1 is 1.26 bits per heavy atom. The maximum absolute atomic E-state index is 5.86. The highest BCUT2D eigenvalue weighted by molar-refractivity contribution is 5.76. The summed E-state index contributed by atoms with van der Waals surface area (Å²) in [7, 11) is 0. The SMILES string of the molecule is CCCOc1cccc2c1NCC1CCCCC1N2. The number of para-hydroxylation sites is 1. The van der Waals surface area contributed by atoms with Gasteiger partial charge in [-0.1, -0.05) is 25.8 Å². The van der Waals surface area contributed by atoms with Gasteiger partial charge < -0.3 is 15.4 Å². The topological polar surface area (TPSA) is 33.3 Å². The van der Waals surface area contributed by atoms with Crippen LogP contribution in [0.2, 0.25) is 0 Å². The van der Waals surface area contributed by atoms with Crippen molar-refractivity contribution in [3.63, 3.8) is 0 Å². The number of fused-ring (bicyclic) bond motifs is 2. The Balaban J connectivity index is 1.83. The molecule has 1 aromatic carbocycles. The second-order valence-corrected chi connectivity index (χ2v) is 5.70. The van der Waals surface area contributed by atoms with E-state index < -0.39 is 0 Å². The number of ether oxygens (including phenoxy) is 1. The van der Waals surface area contributed by atoms with Gasteiger partial charge in [0.2, 0.25) is 0 Å². The molecule has 3 heteroatoms. The van der Waals surface area contributed by atoms with Gasteiger partial charge >= 0.3 is 0 Å². The summed E-state index contributed by atoms with van der Waals surface area (Å²) in [5.74, 6) is 1.74. The van der Waals surface area contributed by atoms with Crippen molar-refractivity contribution in [2.75, 3.05) is 23.8 Å². The lowest BCUT2D eigenvalue weighted by atomic mass is 9.84. The molecule has 2 aliphatic rings. The molecule has 0 bridgehead atoms. The Kier molecular flexibility index (Phi) is 3.81. The van der Waals surface area contributed by atoms with E-state index >= 15 is 0 Å². The van der Waals surface area contributed by atoms with Crippen LogP contribution in [0.5, 0.6) is 5.75 Å². The number of nitrogens with one attached hydrogen (secondary N) is 2. The van der Waals surface area contributed by atoms with E-state index in [9.17, 15) is 0 Å². The molecule has 0 saturated heterocycles. The summed E-state index contributed by atoms with van der Waals surface area (Å²) in [6, 6.07) is 6.95. The highest BCUT2D eigenvalue weighted by atomic mass is 16.5. The molecule has 1 aliphatic heterocycles. The Morgan fingerprint density at radius 2 is 2.16 bits per heavy atom. The van der Waals surface area contributed by atoms with Crippen molar-refractivity contribution in [1.82, 2.24) is 0 Å². The van der Waals surface area contributed by atoms with Crippen molar-refractivity contribution in [2.45, 2.75) is 45.1 Å². The monoisotopic (exact) mass is 260 g/mol. The first-order valence-corrected chi connectivity index (χ1v) is 7.64. The summed E-state index contributed by atoms with van der Waals surface area (Å²) in [6.45, 7) is 3.99. The number of anilines is 2. The minimum absolute atomic E-state index is 0.629. The molecule has 2 atom stereocenters. The zero-order valence-electron chi connectivity index (χ0n) is 11.7. The van der Waals surface area contributed by atoms with Crippen molar-refractivity contribution in [1.29, 1.82) is 0 Å². The van der Waals surface area contributed by atoms with Crippen LogP contribution in [0.25, 0.3) is 0 Å². The third-order valence-corrected chi connectivity index (χ3v) is 4.28. The van der Waals surface area contributed by atoms with Gasteiger partial charge in [-0.25, -0.2) is 0 Å². The minimum atomic E-state index is 0.629. The summed E-state index contributed by atoms with van der Waals surface area (Å²) in [5, 5.41) is 7.35. The Morgan fingerprint density at radius 3 is 3.05 bits per heavy atom. The molecular formula is C16H24N2O. The predicted octanol–water partition coefficient (Wildman–Crippen LogP) is 3.87. The van der Waals surface area contributed by atoms with E-state index in [1.165, 1.54) is 31.4 Å². The molecular weight excluding hydrogens is 236 g/mol. The average Bonchev–Trinajstić information content (AvgIpc) is 2.64. The number of rotatable bonds is 3. The molecule has 3 rings (SSSR count). The minimum Gasteiger partial charge on any atom is -0.491 e. The quantitative estimate of drug-likeness (QED) is 0.865. The molecule has 2 N–H and O–H groups in total. The fourth-order valence-electron chi connectivity index (χ4n) is 3.24. The molecule has 0 amide bonds. The van der Waals surface area contributed by atoms with Crippen molar-refractivity contribution in [2.24, 2.45) is 5.92 Å². The van der Waals surface area contributed by atoms with Crippen LogP contribution in [-0.2, 0) is 0 Å². The smallest absolute Gasteiger partial charge is 0.144 e.